The molecule has 0 spiro atoms. The lowest BCUT2D eigenvalue weighted by atomic mass is 10.2. The highest BCUT2D eigenvalue weighted by molar-refractivity contribution is 5.57. The smallest absolute Gasteiger partial charge is 0.229 e. The first-order valence-electron chi connectivity index (χ1n) is 9.52. The van der Waals surface area contributed by atoms with Crippen LogP contribution in [0.4, 0.5) is 27.5 Å². The molecule has 4 rings (SSSR count). The average molecular weight is 377 g/mol. The molecule has 1 aliphatic rings. The molecule has 144 valence electrons. The van der Waals surface area contributed by atoms with Gasteiger partial charge in [0.1, 0.15) is 11.6 Å². The summed E-state index contributed by atoms with van der Waals surface area (Å²) in [4.78, 5) is 13.8. The van der Waals surface area contributed by atoms with E-state index in [1.165, 1.54) is 17.7 Å². The lowest BCUT2D eigenvalue weighted by molar-refractivity contribution is 0.624. The van der Waals surface area contributed by atoms with Crippen molar-refractivity contribution in [3.8, 4) is 0 Å². The van der Waals surface area contributed by atoms with Gasteiger partial charge in [0, 0.05) is 49.3 Å². The summed E-state index contributed by atoms with van der Waals surface area (Å²) in [6, 6.07) is 16.9. The van der Waals surface area contributed by atoms with E-state index in [9.17, 15) is 4.39 Å². The van der Waals surface area contributed by atoms with E-state index in [1.807, 2.05) is 37.3 Å². The Kier molecular flexibility index (Phi) is 5.10. The lowest BCUT2D eigenvalue weighted by Crippen LogP contribution is -2.46. The van der Waals surface area contributed by atoms with Crippen LogP contribution in [0, 0.1) is 19.7 Å². The van der Waals surface area contributed by atoms with Gasteiger partial charge < -0.3 is 15.1 Å². The minimum atomic E-state index is -0.201. The monoisotopic (exact) mass is 377 g/mol. The van der Waals surface area contributed by atoms with Crippen LogP contribution in [-0.2, 0) is 0 Å². The highest BCUT2D eigenvalue weighted by atomic mass is 19.1. The molecule has 5 nitrogen and oxygen atoms in total. The van der Waals surface area contributed by atoms with Crippen LogP contribution in [-0.4, -0.2) is 36.1 Å². The quantitative estimate of drug-likeness (QED) is 0.734. The summed E-state index contributed by atoms with van der Waals surface area (Å²) in [5.74, 6) is 1.34. The van der Waals surface area contributed by atoms with Gasteiger partial charge in [0.05, 0.1) is 0 Å². The van der Waals surface area contributed by atoms with Crippen molar-refractivity contribution in [1.29, 1.82) is 0 Å². The molecular formula is C22H24FN5. The van der Waals surface area contributed by atoms with E-state index >= 15 is 0 Å². The number of anilines is 4. The van der Waals surface area contributed by atoms with Gasteiger partial charge in [0.2, 0.25) is 5.95 Å². The summed E-state index contributed by atoms with van der Waals surface area (Å²) >= 11 is 0. The Bertz CT molecular complexity index is 949. The normalized spacial score (nSPS) is 14.2. The van der Waals surface area contributed by atoms with Gasteiger partial charge in [0.25, 0.3) is 0 Å². The zero-order valence-corrected chi connectivity index (χ0v) is 16.2. The Morgan fingerprint density at radius 3 is 2.29 bits per heavy atom. The Hall–Kier alpha value is -3.15. The summed E-state index contributed by atoms with van der Waals surface area (Å²) in [5.41, 5.74) is 4.16. The number of aromatic nitrogens is 2. The Balaban J connectivity index is 1.46. The Morgan fingerprint density at radius 1 is 0.857 bits per heavy atom. The van der Waals surface area contributed by atoms with Crippen molar-refractivity contribution >= 4 is 23.1 Å². The molecule has 0 bridgehead atoms. The number of nitrogens with zero attached hydrogens (tertiary/aromatic N) is 4. The van der Waals surface area contributed by atoms with E-state index in [-0.39, 0.29) is 5.82 Å². The minimum absolute atomic E-state index is 0.201. The third-order valence-corrected chi connectivity index (χ3v) is 4.91. The maximum Gasteiger partial charge on any atom is 0.229 e. The van der Waals surface area contributed by atoms with Gasteiger partial charge in [-0.2, -0.15) is 4.98 Å². The van der Waals surface area contributed by atoms with Crippen molar-refractivity contribution in [3.63, 3.8) is 0 Å². The molecule has 1 N–H and O–H groups in total. The molecule has 1 aliphatic heterocycles. The van der Waals surface area contributed by atoms with Gasteiger partial charge in [-0.3, -0.25) is 0 Å². The third kappa shape index (κ3) is 4.22. The number of benzene rings is 2. The maximum atomic E-state index is 13.1. The average Bonchev–Trinajstić information content (AvgIpc) is 2.68. The zero-order chi connectivity index (χ0) is 19.5. The number of rotatable bonds is 4. The molecule has 2 heterocycles. The largest absolute Gasteiger partial charge is 0.368 e. The number of halogens is 1. The van der Waals surface area contributed by atoms with Crippen LogP contribution in [0.15, 0.2) is 54.6 Å². The first-order valence-corrected chi connectivity index (χ1v) is 9.52. The summed E-state index contributed by atoms with van der Waals surface area (Å²) < 4.78 is 13.1. The highest BCUT2D eigenvalue weighted by Crippen LogP contribution is 2.22. The molecule has 0 unspecified atom stereocenters. The van der Waals surface area contributed by atoms with Gasteiger partial charge in [-0.1, -0.05) is 12.1 Å². The van der Waals surface area contributed by atoms with Crippen molar-refractivity contribution < 1.29 is 4.39 Å². The van der Waals surface area contributed by atoms with E-state index in [0.717, 1.165) is 49.1 Å². The molecule has 28 heavy (non-hydrogen) atoms. The predicted octanol–water partition coefficient (Wildman–Crippen LogP) is 4.30. The second-order valence-corrected chi connectivity index (χ2v) is 7.14. The van der Waals surface area contributed by atoms with Crippen molar-refractivity contribution in [3.05, 3.63) is 71.7 Å². The highest BCUT2D eigenvalue weighted by Gasteiger charge is 2.19. The molecule has 0 aliphatic carbocycles. The third-order valence-electron chi connectivity index (χ3n) is 4.91. The van der Waals surface area contributed by atoms with Gasteiger partial charge >= 0.3 is 0 Å². The van der Waals surface area contributed by atoms with Crippen molar-refractivity contribution in [2.24, 2.45) is 0 Å². The molecule has 1 aromatic heterocycles. The van der Waals surface area contributed by atoms with Gasteiger partial charge in [-0.25, -0.2) is 9.37 Å². The summed E-state index contributed by atoms with van der Waals surface area (Å²) in [5, 5.41) is 3.31. The van der Waals surface area contributed by atoms with Crippen LogP contribution < -0.4 is 15.1 Å². The van der Waals surface area contributed by atoms with E-state index in [1.54, 1.807) is 0 Å². The summed E-state index contributed by atoms with van der Waals surface area (Å²) in [7, 11) is 0. The van der Waals surface area contributed by atoms with Crippen LogP contribution in [0.5, 0.6) is 0 Å². The fourth-order valence-corrected chi connectivity index (χ4v) is 3.47. The molecule has 3 aromatic rings. The van der Waals surface area contributed by atoms with Gasteiger partial charge in [0.15, 0.2) is 0 Å². The van der Waals surface area contributed by atoms with Crippen LogP contribution in [0.1, 0.15) is 11.3 Å². The van der Waals surface area contributed by atoms with Gasteiger partial charge in [-0.15, -0.1) is 0 Å². The van der Waals surface area contributed by atoms with E-state index in [4.69, 9.17) is 4.98 Å². The number of nitrogens with one attached hydrogen (secondary N) is 1. The number of aryl methyl sites for hydroxylation is 2. The second kappa shape index (κ2) is 7.84. The molecule has 2 aromatic carbocycles. The zero-order valence-electron chi connectivity index (χ0n) is 16.2. The standard InChI is InChI=1S/C22H24FN5/c1-16-4-3-5-19(14-16)25-22-24-17(2)15-21(26-22)28-12-10-27(11-13-28)20-8-6-18(23)7-9-20/h3-9,14-15H,10-13H2,1-2H3,(H,24,25,26). The molecule has 1 saturated heterocycles. The molecule has 0 amide bonds. The molecule has 0 radical (unpaired) electrons. The Labute approximate surface area is 164 Å². The fourth-order valence-electron chi connectivity index (χ4n) is 3.47. The summed E-state index contributed by atoms with van der Waals surface area (Å²) in [6.45, 7) is 7.51. The van der Waals surface area contributed by atoms with Crippen LogP contribution in [0.2, 0.25) is 0 Å². The van der Waals surface area contributed by atoms with Crippen molar-refractivity contribution in [2.45, 2.75) is 13.8 Å². The van der Waals surface area contributed by atoms with Crippen molar-refractivity contribution in [2.75, 3.05) is 41.3 Å². The van der Waals surface area contributed by atoms with Crippen LogP contribution in [0.3, 0.4) is 0 Å². The molecule has 0 saturated carbocycles. The topological polar surface area (TPSA) is 44.3 Å². The second-order valence-electron chi connectivity index (χ2n) is 7.14. The number of piperazine rings is 1. The SMILES string of the molecule is Cc1cccc(Nc2nc(C)cc(N3CCN(c4ccc(F)cc4)CC3)n2)c1. The lowest BCUT2D eigenvalue weighted by Gasteiger charge is -2.36. The molecule has 1 fully saturated rings. The minimum Gasteiger partial charge on any atom is -0.368 e. The maximum absolute atomic E-state index is 13.1. The number of hydrogen-bond donors (Lipinski definition) is 1. The number of hydrogen-bond acceptors (Lipinski definition) is 5. The van der Waals surface area contributed by atoms with Crippen LogP contribution >= 0.6 is 0 Å². The first-order chi connectivity index (χ1) is 13.6. The fraction of sp³-hybridized carbons (Fsp3) is 0.273. The van der Waals surface area contributed by atoms with E-state index in [0.29, 0.717) is 5.95 Å². The van der Waals surface area contributed by atoms with Crippen LogP contribution in [0.25, 0.3) is 0 Å². The molecule has 0 atom stereocenters. The Morgan fingerprint density at radius 2 is 1.57 bits per heavy atom. The predicted molar refractivity (Wildman–Crippen MR) is 112 cm³/mol. The first kappa shape index (κ1) is 18.2. The van der Waals surface area contributed by atoms with Crippen molar-refractivity contribution in [1.82, 2.24) is 9.97 Å². The van der Waals surface area contributed by atoms with E-state index in [2.05, 4.69) is 39.2 Å². The molecule has 6 heteroatoms. The summed E-state index contributed by atoms with van der Waals surface area (Å²) in [6.07, 6.45) is 0. The van der Waals surface area contributed by atoms with Gasteiger partial charge in [-0.05, 0) is 55.8 Å². The van der Waals surface area contributed by atoms with E-state index < -0.39 is 0 Å². The molecular weight excluding hydrogens is 353 g/mol.